The maximum Gasteiger partial charge on any atom is 0.320 e. The summed E-state index contributed by atoms with van der Waals surface area (Å²) in [6.07, 6.45) is 0.186. The van der Waals surface area contributed by atoms with Crippen LogP contribution in [0, 0.1) is 5.41 Å². The van der Waals surface area contributed by atoms with Crippen molar-refractivity contribution in [1.29, 1.82) is 0 Å². The van der Waals surface area contributed by atoms with E-state index >= 15 is 0 Å². The van der Waals surface area contributed by atoms with Gasteiger partial charge in [-0.3, -0.25) is 9.59 Å². The molecular weight excluding hydrogens is 184 g/mol. The summed E-state index contributed by atoms with van der Waals surface area (Å²) in [6, 6.07) is 0. The monoisotopic (exact) mass is 200 g/mol. The summed E-state index contributed by atoms with van der Waals surface area (Å²) in [5.41, 5.74) is -0.409. The van der Waals surface area contributed by atoms with Gasteiger partial charge in [-0.15, -0.1) is 0 Å². The van der Waals surface area contributed by atoms with Gasteiger partial charge in [-0.1, -0.05) is 27.7 Å². The van der Waals surface area contributed by atoms with E-state index in [1.54, 1.807) is 0 Å². The van der Waals surface area contributed by atoms with Crippen molar-refractivity contribution in [3.63, 3.8) is 0 Å². The second-order valence-corrected chi connectivity index (χ2v) is 4.48. The van der Waals surface area contributed by atoms with Crippen molar-refractivity contribution in [1.82, 2.24) is 0 Å². The van der Waals surface area contributed by atoms with Gasteiger partial charge in [-0.05, 0) is 0 Å². The number of esters is 2. The highest BCUT2D eigenvalue weighted by molar-refractivity contribution is 5.93. The summed E-state index contributed by atoms with van der Waals surface area (Å²) in [7, 11) is 0. The molecule has 0 saturated carbocycles. The van der Waals surface area contributed by atoms with Crippen LogP contribution in [0.25, 0.3) is 0 Å². The molecule has 4 nitrogen and oxygen atoms in total. The summed E-state index contributed by atoms with van der Waals surface area (Å²) in [6.45, 7) is 7.46. The predicted molar refractivity (Wildman–Crippen MR) is 49.3 cm³/mol. The van der Waals surface area contributed by atoms with Crippen LogP contribution in [0.3, 0.4) is 0 Å². The molecule has 1 aliphatic rings. The largest absolute Gasteiger partial charge is 0.421 e. The topological polar surface area (TPSA) is 52.6 Å². The number of carbonyl (C=O) groups is 2. The average Bonchev–Trinajstić information content (AvgIpc) is 2.00. The molecule has 0 aromatic carbocycles. The van der Waals surface area contributed by atoms with Crippen LogP contribution in [0.2, 0.25) is 0 Å². The average molecular weight is 200 g/mol. The molecule has 0 bridgehead atoms. The van der Waals surface area contributed by atoms with Crippen molar-refractivity contribution in [2.24, 2.45) is 5.41 Å². The minimum Gasteiger partial charge on any atom is -0.421 e. The van der Waals surface area contributed by atoms with E-state index in [4.69, 9.17) is 9.47 Å². The van der Waals surface area contributed by atoms with Gasteiger partial charge in [-0.25, -0.2) is 0 Å². The summed E-state index contributed by atoms with van der Waals surface area (Å²) in [4.78, 5) is 22.3. The Labute approximate surface area is 83.6 Å². The Morgan fingerprint density at radius 1 is 1.21 bits per heavy atom. The van der Waals surface area contributed by atoms with Gasteiger partial charge >= 0.3 is 11.9 Å². The van der Waals surface area contributed by atoms with Gasteiger partial charge in [0.05, 0.1) is 0 Å². The van der Waals surface area contributed by atoms with E-state index in [-0.39, 0.29) is 6.42 Å². The predicted octanol–water partition coefficient (Wildman–Crippen LogP) is 1.63. The number of rotatable bonds is 1. The number of hydrogen-bond donors (Lipinski definition) is 0. The van der Waals surface area contributed by atoms with E-state index in [1.165, 1.54) is 0 Å². The fourth-order valence-corrected chi connectivity index (χ4v) is 1.56. The van der Waals surface area contributed by atoms with Crippen molar-refractivity contribution in [3.05, 3.63) is 0 Å². The number of carbonyl (C=O) groups excluding carboxylic acids is 2. The Kier molecular flexibility index (Phi) is 2.56. The maximum absolute atomic E-state index is 11.2. The Hall–Kier alpha value is -1.06. The Morgan fingerprint density at radius 2 is 1.64 bits per heavy atom. The summed E-state index contributed by atoms with van der Waals surface area (Å²) < 4.78 is 10.4. The lowest BCUT2D eigenvalue weighted by Crippen LogP contribution is -2.53. The molecule has 0 amide bonds. The van der Waals surface area contributed by atoms with Crippen LogP contribution in [0.5, 0.6) is 0 Å². The molecule has 1 aliphatic heterocycles. The Morgan fingerprint density at radius 3 is 1.93 bits per heavy atom. The molecule has 1 heterocycles. The fraction of sp³-hybridized carbons (Fsp3) is 0.800. The molecule has 1 fully saturated rings. The Balaban J connectivity index is 2.99. The molecule has 0 N–H and O–H groups in total. The van der Waals surface area contributed by atoms with Crippen LogP contribution in [-0.2, 0) is 19.1 Å². The van der Waals surface area contributed by atoms with E-state index in [1.807, 2.05) is 27.7 Å². The van der Waals surface area contributed by atoms with Crippen LogP contribution < -0.4 is 0 Å². The van der Waals surface area contributed by atoms with Gasteiger partial charge in [0.2, 0.25) is 0 Å². The minimum absolute atomic E-state index is 0.280. The highest BCUT2D eigenvalue weighted by atomic mass is 16.7. The van der Waals surface area contributed by atoms with Crippen LogP contribution in [0.1, 0.15) is 40.5 Å². The molecule has 0 aromatic rings. The lowest BCUT2D eigenvalue weighted by atomic mass is 9.83. The standard InChI is InChI=1S/C10H16O4/c1-5-10(9(2,3)4)13-7(11)6-8(12)14-10/h5-6H2,1-4H3. The summed E-state index contributed by atoms with van der Waals surface area (Å²) >= 11 is 0. The van der Waals surface area contributed by atoms with E-state index in [9.17, 15) is 9.59 Å². The van der Waals surface area contributed by atoms with Crippen molar-refractivity contribution >= 4 is 11.9 Å². The highest BCUT2D eigenvalue weighted by Gasteiger charge is 2.51. The van der Waals surface area contributed by atoms with E-state index in [0.717, 1.165) is 0 Å². The summed E-state index contributed by atoms with van der Waals surface area (Å²) in [5, 5.41) is 0. The second kappa shape index (κ2) is 3.26. The Bertz CT molecular complexity index is 246. The molecule has 4 heteroatoms. The fourth-order valence-electron chi connectivity index (χ4n) is 1.56. The lowest BCUT2D eigenvalue weighted by molar-refractivity contribution is -0.278. The lowest BCUT2D eigenvalue weighted by Gasteiger charge is -2.43. The van der Waals surface area contributed by atoms with Crippen LogP contribution in [0.4, 0.5) is 0 Å². The normalized spacial score (nSPS) is 21.4. The van der Waals surface area contributed by atoms with Crippen LogP contribution >= 0.6 is 0 Å². The molecule has 1 rings (SSSR count). The van der Waals surface area contributed by atoms with Crippen molar-refractivity contribution in [2.75, 3.05) is 0 Å². The first kappa shape index (κ1) is 11.0. The number of cyclic esters (lactones) is 2. The van der Waals surface area contributed by atoms with Crippen molar-refractivity contribution in [2.45, 2.75) is 46.3 Å². The molecule has 0 unspecified atom stereocenters. The number of ether oxygens (including phenoxy) is 2. The van der Waals surface area contributed by atoms with E-state index in [2.05, 4.69) is 0 Å². The molecule has 0 aliphatic carbocycles. The van der Waals surface area contributed by atoms with Gasteiger partial charge in [-0.2, -0.15) is 0 Å². The molecule has 14 heavy (non-hydrogen) atoms. The zero-order chi connectivity index (χ0) is 11.0. The SMILES string of the molecule is CCC1(C(C)(C)C)OC(=O)CC(=O)O1. The zero-order valence-electron chi connectivity index (χ0n) is 9.05. The molecule has 0 aromatic heterocycles. The van der Waals surface area contributed by atoms with Crippen molar-refractivity contribution in [3.8, 4) is 0 Å². The third-order valence-corrected chi connectivity index (χ3v) is 2.45. The summed E-state index contributed by atoms with van der Waals surface area (Å²) in [5.74, 6) is -2.10. The maximum atomic E-state index is 11.2. The molecular formula is C10H16O4. The molecule has 1 saturated heterocycles. The van der Waals surface area contributed by atoms with Gasteiger partial charge in [0, 0.05) is 11.8 Å². The highest BCUT2D eigenvalue weighted by Crippen LogP contribution is 2.40. The molecule has 0 atom stereocenters. The zero-order valence-corrected chi connectivity index (χ0v) is 9.05. The third kappa shape index (κ3) is 1.74. The van der Waals surface area contributed by atoms with Gasteiger partial charge in [0.1, 0.15) is 6.42 Å². The third-order valence-electron chi connectivity index (χ3n) is 2.45. The second-order valence-electron chi connectivity index (χ2n) is 4.48. The molecule has 0 radical (unpaired) electrons. The van der Waals surface area contributed by atoms with E-state index < -0.39 is 23.1 Å². The smallest absolute Gasteiger partial charge is 0.320 e. The molecule has 80 valence electrons. The first-order chi connectivity index (χ1) is 6.31. The first-order valence-corrected chi connectivity index (χ1v) is 4.74. The van der Waals surface area contributed by atoms with Crippen LogP contribution in [0.15, 0.2) is 0 Å². The van der Waals surface area contributed by atoms with Crippen LogP contribution in [-0.4, -0.2) is 17.7 Å². The van der Waals surface area contributed by atoms with Gasteiger partial charge in [0.15, 0.2) is 0 Å². The number of hydrogen-bond acceptors (Lipinski definition) is 4. The minimum atomic E-state index is -1.10. The van der Waals surface area contributed by atoms with Gasteiger partial charge < -0.3 is 9.47 Å². The first-order valence-electron chi connectivity index (χ1n) is 4.74. The molecule has 0 spiro atoms. The van der Waals surface area contributed by atoms with E-state index in [0.29, 0.717) is 6.42 Å². The quantitative estimate of drug-likeness (QED) is 0.477. The van der Waals surface area contributed by atoms with Crippen molar-refractivity contribution < 1.29 is 19.1 Å². The van der Waals surface area contributed by atoms with Gasteiger partial charge in [0.25, 0.3) is 5.79 Å².